The minimum Gasteiger partial charge on any atom is -0.490 e. The molecule has 0 bridgehead atoms. The molecule has 0 aliphatic rings. The van der Waals surface area contributed by atoms with E-state index in [0.717, 1.165) is 0 Å². The Morgan fingerprint density at radius 3 is 2.77 bits per heavy atom. The first-order chi connectivity index (χ1) is 6.20. The van der Waals surface area contributed by atoms with Crippen LogP contribution in [0.15, 0.2) is 21.5 Å². The van der Waals surface area contributed by atoms with Gasteiger partial charge in [0.2, 0.25) is 0 Å². The summed E-state index contributed by atoms with van der Waals surface area (Å²) in [5.74, 6) is 0.0121. The zero-order chi connectivity index (χ0) is 9.84. The second kappa shape index (κ2) is 4.86. The van der Waals surface area contributed by atoms with Crippen molar-refractivity contribution in [2.75, 3.05) is 12.9 Å². The van der Waals surface area contributed by atoms with Crippen molar-refractivity contribution in [1.82, 2.24) is 0 Å². The number of rotatable bonds is 3. The smallest absolute Gasteiger partial charge is 0.179 e. The first-order valence-electron chi connectivity index (χ1n) is 3.85. The van der Waals surface area contributed by atoms with E-state index in [1.54, 1.807) is 12.1 Å². The van der Waals surface area contributed by atoms with Crippen LogP contribution in [-0.4, -0.2) is 12.9 Å². The normalized spacial score (nSPS) is 10.2. The van der Waals surface area contributed by atoms with Crippen molar-refractivity contribution in [3.05, 3.63) is 22.4 Å². The first-order valence-corrected chi connectivity index (χ1v) is 5.87. The molecule has 1 aromatic carbocycles. The van der Waals surface area contributed by atoms with Crippen LogP contribution in [-0.2, 0) is 0 Å². The molecule has 0 aliphatic heterocycles. The lowest BCUT2D eigenvalue weighted by Gasteiger charge is -2.09. The topological polar surface area (TPSA) is 9.23 Å². The molecule has 0 heterocycles. The molecule has 0 amide bonds. The molecule has 0 aromatic heterocycles. The molecule has 0 saturated carbocycles. The van der Waals surface area contributed by atoms with Gasteiger partial charge in [-0.2, -0.15) is 0 Å². The van der Waals surface area contributed by atoms with E-state index >= 15 is 0 Å². The van der Waals surface area contributed by atoms with Gasteiger partial charge in [0.25, 0.3) is 0 Å². The number of thioether (sulfide) groups is 1. The Labute approximate surface area is 89.8 Å². The van der Waals surface area contributed by atoms with Crippen LogP contribution in [0.3, 0.4) is 0 Å². The first kappa shape index (κ1) is 10.9. The monoisotopic (exact) mass is 264 g/mol. The average molecular weight is 265 g/mol. The molecule has 0 N–H and O–H groups in total. The Morgan fingerprint density at radius 2 is 2.23 bits per heavy atom. The van der Waals surface area contributed by atoms with Crippen LogP contribution in [0.1, 0.15) is 6.92 Å². The van der Waals surface area contributed by atoms with Crippen LogP contribution in [0.4, 0.5) is 4.39 Å². The second-order valence-electron chi connectivity index (χ2n) is 2.33. The van der Waals surface area contributed by atoms with Gasteiger partial charge in [0, 0.05) is 4.90 Å². The van der Waals surface area contributed by atoms with Crippen LogP contribution < -0.4 is 4.74 Å². The molecule has 4 heteroatoms. The molecule has 1 rings (SSSR count). The van der Waals surface area contributed by atoms with Gasteiger partial charge in [-0.25, -0.2) is 4.39 Å². The minimum atomic E-state index is -0.288. The molecule has 0 fully saturated rings. The highest BCUT2D eigenvalue weighted by Crippen LogP contribution is 2.33. The molecule has 13 heavy (non-hydrogen) atoms. The number of halogens is 2. The van der Waals surface area contributed by atoms with Gasteiger partial charge in [0.15, 0.2) is 11.6 Å². The maximum atomic E-state index is 13.5. The van der Waals surface area contributed by atoms with E-state index in [9.17, 15) is 4.39 Å². The SMILES string of the molecule is CCOc1c(Br)ccc(SC)c1F. The van der Waals surface area contributed by atoms with E-state index in [0.29, 0.717) is 21.7 Å². The highest BCUT2D eigenvalue weighted by atomic mass is 79.9. The van der Waals surface area contributed by atoms with Gasteiger partial charge in [-0.15, -0.1) is 11.8 Å². The summed E-state index contributed by atoms with van der Waals surface area (Å²) in [5, 5.41) is 0. The van der Waals surface area contributed by atoms with Gasteiger partial charge in [0.05, 0.1) is 11.1 Å². The molecule has 0 atom stereocenters. The number of hydrogen-bond donors (Lipinski definition) is 0. The highest BCUT2D eigenvalue weighted by molar-refractivity contribution is 9.10. The summed E-state index contributed by atoms with van der Waals surface area (Å²) >= 11 is 4.61. The van der Waals surface area contributed by atoms with Crippen LogP contribution in [0.25, 0.3) is 0 Å². The van der Waals surface area contributed by atoms with Crippen molar-refractivity contribution < 1.29 is 9.13 Å². The van der Waals surface area contributed by atoms with Crippen molar-refractivity contribution in [2.24, 2.45) is 0 Å². The minimum absolute atomic E-state index is 0.288. The lowest BCUT2D eigenvalue weighted by molar-refractivity contribution is 0.316. The molecule has 0 unspecified atom stereocenters. The maximum absolute atomic E-state index is 13.5. The van der Waals surface area contributed by atoms with Crippen molar-refractivity contribution in [3.8, 4) is 5.75 Å². The fourth-order valence-corrected chi connectivity index (χ4v) is 1.85. The Morgan fingerprint density at radius 1 is 1.54 bits per heavy atom. The van der Waals surface area contributed by atoms with Crippen LogP contribution in [0.2, 0.25) is 0 Å². The van der Waals surface area contributed by atoms with Gasteiger partial charge in [-0.1, -0.05) is 0 Å². The van der Waals surface area contributed by atoms with Crippen LogP contribution >= 0.6 is 27.7 Å². The molecule has 0 spiro atoms. The Hall–Kier alpha value is -0.220. The molecule has 0 radical (unpaired) electrons. The van der Waals surface area contributed by atoms with E-state index in [-0.39, 0.29) is 5.82 Å². The fraction of sp³-hybridized carbons (Fsp3) is 0.333. The maximum Gasteiger partial charge on any atom is 0.179 e. The number of ether oxygens (including phenoxy) is 1. The molecule has 0 saturated heterocycles. The van der Waals surface area contributed by atoms with Crippen LogP contribution in [0.5, 0.6) is 5.75 Å². The number of benzene rings is 1. The predicted octanol–water partition coefficient (Wildman–Crippen LogP) is 3.71. The molecule has 1 nitrogen and oxygen atoms in total. The van der Waals surface area contributed by atoms with E-state index in [2.05, 4.69) is 15.9 Å². The average Bonchev–Trinajstić information content (AvgIpc) is 2.12. The predicted molar refractivity (Wildman–Crippen MR) is 57.1 cm³/mol. The van der Waals surface area contributed by atoms with Crippen molar-refractivity contribution in [1.29, 1.82) is 0 Å². The third-order valence-electron chi connectivity index (χ3n) is 1.52. The van der Waals surface area contributed by atoms with Gasteiger partial charge in [0.1, 0.15) is 0 Å². The van der Waals surface area contributed by atoms with E-state index in [1.165, 1.54) is 11.8 Å². The lowest BCUT2D eigenvalue weighted by Crippen LogP contribution is -1.96. The van der Waals surface area contributed by atoms with Gasteiger partial charge < -0.3 is 4.74 Å². The Balaban J connectivity index is 3.13. The van der Waals surface area contributed by atoms with Gasteiger partial charge in [-0.3, -0.25) is 0 Å². The Bertz CT molecular complexity index is 304. The summed E-state index contributed by atoms with van der Waals surface area (Å²) in [6.45, 7) is 2.30. The van der Waals surface area contributed by atoms with Crippen LogP contribution in [0, 0.1) is 5.82 Å². The van der Waals surface area contributed by atoms with Gasteiger partial charge in [-0.05, 0) is 41.2 Å². The summed E-state index contributed by atoms with van der Waals surface area (Å²) in [6.07, 6.45) is 1.84. The summed E-state index contributed by atoms with van der Waals surface area (Å²) in [7, 11) is 0. The zero-order valence-corrected chi connectivity index (χ0v) is 9.84. The van der Waals surface area contributed by atoms with Gasteiger partial charge >= 0.3 is 0 Å². The third-order valence-corrected chi connectivity index (χ3v) is 2.90. The summed E-state index contributed by atoms with van der Waals surface area (Å²) in [6, 6.07) is 3.52. The standard InChI is InChI=1S/C9H10BrFOS/c1-3-12-9-6(10)4-5-7(13-2)8(9)11/h4-5H,3H2,1-2H3. The summed E-state index contributed by atoms with van der Waals surface area (Å²) in [5.41, 5.74) is 0. The number of hydrogen-bond acceptors (Lipinski definition) is 2. The lowest BCUT2D eigenvalue weighted by atomic mass is 10.3. The van der Waals surface area contributed by atoms with E-state index in [4.69, 9.17) is 4.74 Å². The largest absolute Gasteiger partial charge is 0.490 e. The molecular formula is C9H10BrFOS. The summed E-state index contributed by atoms with van der Waals surface area (Å²) in [4.78, 5) is 0.603. The molecule has 1 aromatic rings. The molecular weight excluding hydrogens is 255 g/mol. The second-order valence-corrected chi connectivity index (χ2v) is 4.03. The highest BCUT2D eigenvalue weighted by Gasteiger charge is 2.11. The van der Waals surface area contributed by atoms with E-state index in [1.807, 2.05) is 13.2 Å². The van der Waals surface area contributed by atoms with Crippen molar-refractivity contribution in [2.45, 2.75) is 11.8 Å². The Kier molecular flexibility index (Phi) is 4.06. The summed E-state index contributed by atoms with van der Waals surface area (Å²) < 4.78 is 19.4. The quantitative estimate of drug-likeness (QED) is 0.770. The fourth-order valence-electron chi connectivity index (χ4n) is 0.949. The van der Waals surface area contributed by atoms with Crippen molar-refractivity contribution >= 4 is 27.7 Å². The van der Waals surface area contributed by atoms with Crippen molar-refractivity contribution in [3.63, 3.8) is 0 Å². The molecule has 72 valence electrons. The molecule has 0 aliphatic carbocycles. The zero-order valence-electron chi connectivity index (χ0n) is 7.43. The third kappa shape index (κ3) is 2.38. The van der Waals surface area contributed by atoms with E-state index < -0.39 is 0 Å².